The lowest BCUT2D eigenvalue weighted by Crippen LogP contribution is -1.76. The fourth-order valence-electron chi connectivity index (χ4n) is 1.47. The van der Waals surface area contributed by atoms with Gasteiger partial charge in [-0.05, 0) is 35.1 Å². The first-order valence-electron chi connectivity index (χ1n) is 4.42. The van der Waals surface area contributed by atoms with Crippen LogP contribution in [0.2, 0.25) is 0 Å². The Hall–Kier alpha value is -1.30. The molecule has 1 aromatic carbocycles. The average molecular weight is 154 g/mol. The van der Waals surface area contributed by atoms with Crippen LogP contribution in [0.15, 0.2) is 36.4 Å². The summed E-state index contributed by atoms with van der Waals surface area (Å²) in [7, 11) is 0. The second kappa shape index (κ2) is 2.10. The van der Waals surface area contributed by atoms with Crippen molar-refractivity contribution in [2.45, 2.75) is 12.8 Å². The van der Waals surface area contributed by atoms with E-state index in [0.717, 1.165) is 0 Å². The molecule has 0 nitrogen and oxygen atoms in total. The molecular weight excluding hydrogens is 144 g/mol. The van der Waals surface area contributed by atoms with E-state index in [0.29, 0.717) is 0 Å². The van der Waals surface area contributed by atoms with E-state index in [9.17, 15) is 0 Å². The number of allylic oxidation sites excluding steroid dienone is 4. The summed E-state index contributed by atoms with van der Waals surface area (Å²) in [6.45, 7) is 0. The Labute approximate surface area is 72.2 Å². The van der Waals surface area contributed by atoms with Gasteiger partial charge in [-0.25, -0.2) is 0 Å². The standard InChI is InChI=1S/C12H10/c1-2-10(12-7-8-12)4-3-9(1)11-5-6-11/h1-5,7H,6,8H2. The van der Waals surface area contributed by atoms with Gasteiger partial charge in [0, 0.05) is 0 Å². The van der Waals surface area contributed by atoms with Crippen LogP contribution in [0.3, 0.4) is 0 Å². The minimum Gasteiger partial charge on any atom is -0.0760 e. The molecule has 0 bridgehead atoms. The maximum Gasteiger partial charge on any atom is -0.00884 e. The number of benzene rings is 1. The summed E-state index contributed by atoms with van der Waals surface area (Å²) in [6.07, 6.45) is 6.93. The smallest absolute Gasteiger partial charge is 0.00884 e. The molecule has 0 heterocycles. The second-order valence-corrected chi connectivity index (χ2v) is 3.44. The maximum atomic E-state index is 2.27. The predicted molar refractivity (Wildman–Crippen MR) is 51.6 cm³/mol. The van der Waals surface area contributed by atoms with Crippen LogP contribution in [0.1, 0.15) is 24.0 Å². The molecule has 0 atom stereocenters. The zero-order chi connectivity index (χ0) is 7.97. The summed E-state index contributed by atoms with van der Waals surface area (Å²) in [5.41, 5.74) is 5.82. The molecule has 0 aliphatic heterocycles. The average Bonchev–Trinajstić information content (AvgIpc) is 2.98. The van der Waals surface area contributed by atoms with Crippen molar-refractivity contribution in [3.8, 4) is 0 Å². The zero-order valence-corrected chi connectivity index (χ0v) is 6.88. The topological polar surface area (TPSA) is 0 Å². The Morgan fingerprint density at radius 2 is 1.00 bits per heavy atom. The van der Waals surface area contributed by atoms with E-state index in [4.69, 9.17) is 0 Å². The Bertz CT molecular complexity index is 338. The Balaban J connectivity index is 1.96. The molecule has 58 valence electrons. The highest BCUT2D eigenvalue weighted by molar-refractivity contribution is 5.81. The Morgan fingerprint density at radius 1 is 0.667 bits per heavy atom. The van der Waals surface area contributed by atoms with Gasteiger partial charge in [-0.1, -0.05) is 36.4 Å². The summed E-state index contributed by atoms with van der Waals surface area (Å²) >= 11 is 0. The van der Waals surface area contributed by atoms with Crippen molar-refractivity contribution in [3.63, 3.8) is 0 Å². The number of hydrogen-bond donors (Lipinski definition) is 0. The van der Waals surface area contributed by atoms with Crippen molar-refractivity contribution >= 4 is 11.1 Å². The van der Waals surface area contributed by atoms with E-state index in [-0.39, 0.29) is 0 Å². The fourth-order valence-corrected chi connectivity index (χ4v) is 1.47. The molecule has 0 saturated heterocycles. The third-order valence-corrected chi connectivity index (χ3v) is 2.44. The van der Waals surface area contributed by atoms with Gasteiger partial charge in [-0.15, -0.1) is 0 Å². The monoisotopic (exact) mass is 154 g/mol. The van der Waals surface area contributed by atoms with Crippen molar-refractivity contribution < 1.29 is 0 Å². The minimum absolute atomic E-state index is 1.20. The largest absolute Gasteiger partial charge is 0.0760 e. The second-order valence-electron chi connectivity index (χ2n) is 3.44. The van der Waals surface area contributed by atoms with Gasteiger partial charge >= 0.3 is 0 Å². The van der Waals surface area contributed by atoms with E-state index in [1.807, 2.05) is 0 Å². The van der Waals surface area contributed by atoms with Crippen LogP contribution in [-0.2, 0) is 0 Å². The Kier molecular flexibility index (Phi) is 1.09. The summed E-state index contributed by atoms with van der Waals surface area (Å²) in [4.78, 5) is 0. The minimum atomic E-state index is 1.20. The van der Waals surface area contributed by atoms with E-state index in [1.165, 1.54) is 35.1 Å². The van der Waals surface area contributed by atoms with Crippen LogP contribution in [-0.4, -0.2) is 0 Å². The first-order chi connectivity index (χ1) is 5.93. The molecule has 0 aromatic heterocycles. The summed E-state index contributed by atoms with van der Waals surface area (Å²) in [6, 6.07) is 8.92. The van der Waals surface area contributed by atoms with Crippen LogP contribution >= 0.6 is 0 Å². The molecule has 0 spiro atoms. The van der Waals surface area contributed by atoms with Gasteiger partial charge in [-0.2, -0.15) is 0 Å². The van der Waals surface area contributed by atoms with E-state index >= 15 is 0 Å². The first kappa shape index (κ1) is 6.24. The van der Waals surface area contributed by atoms with Crippen molar-refractivity contribution in [3.05, 3.63) is 47.5 Å². The van der Waals surface area contributed by atoms with Crippen LogP contribution in [0.25, 0.3) is 11.1 Å². The number of rotatable bonds is 2. The van der Waals surface area contributed by atoms with Crippen LogP contribution in [0.4, 0.5) is 0 Å². The van der Waals surface area contributed by atoms with E-state index < -0.39 is 0 Å². The molecule has 1 aromatic rings. The van der Waals surface area contributed by atoms with Crippen molar-refractivity contribution in [2.24, 2.45) is 0 Å². The first-order valence-corrected chi connectivity index (χ1v) is 4.42. The lowest BCUT2D eigenvalue weighted by Gasteiger charge is -1.96. The quantitative estimate of drug-likeness (QED) is 0.613. The highest BCUT2D eigenvalue weighted by Crippen LogP contribution is 2.34. The normalized spacial score (nSPS) is 18.3. The molecule has 0 radical (unpaired) electrons. The molecule has 0 fully saturated rings. The Morgan fingerprint density at radius 3 is 1.25 bits per heavy atom. The molecule has 0 heteroatoms. The van der Waals surface area contributed by atoms with Gasteiger partial charge in [0.05, 0.1) is 0 Å². The summed E-state index contributed by atoms with van der Waals surface area (Å²) < 4.78 is 0. The van der Waals surface area contributed by atoms with Gasteiger partial charge in [0.2, 0.25) is 0 Å². The SMILES string of the molecule is C1=C(c2ccc(C3=CC3)cc2)C1. The third-order valence-electron chi connectivity index (χ3n) is 2.44. The molecule has 0 saturated carbocycles. The molecule has 0 unspecified atom stereocenters. The summed E-state index contributed by atoms with van der Waals surface area (Å²) in [5.74, 6) is 0. The molecule has 12 heavy (non-hydrogen) atoms. The molecular formula is C12H10. The van der Waals surface area contributed by atoms with Gasteiger partial charge in [0.1, 0.15) is 0 Å². The van der Waals surface area contributed by atoms with E-state index in [1.54, 1.807) is 0 Å². The number of hydrogen-bond acceptors (Lipinski definition) is 0. The van der Waals surface area contributed by atoms with Crippen molar-refractivity contribution in [2.75, 3.05) is 0 Å². The van der Waals surface area contributed by atoms with Crippen molar-refractivity contribution in [1.82, 2.24) is 0 Å². The van der Waals surface area contributed by atoms with Gasteiger partial charge in [-0.3, -0.25) is 0 Å². The molecule has 2 aliphatic rings. The lowest BCUT2D eigenvalue weighted by atomic mass is 10.1. The van der Waals surface area contributed by atoms with Crippen LogP contribution in [0, 0.1) is 0 Å². The summed E-state index contributed by atoms with van der Waals surface area (Å²) in [5, 5.41) is 0. The fraction of sp³-hybridized carbons (Fsp3) is 0.167. The highest BCUT2D eigenvalue weighted by atomic mass is 14.2. The molecule has 0 N–H and O–H groups in total. The van der Waals surface area contributed by atoms with E-state index in [2.05, 4.69) is 36.4 Å². The highest BCUT2D eigenvalue weighted by Gasteiger charge is 2.12. The van der Waals surface area contributed by atoms with Crippen molar-refractivity contribution in [1.29, 1.82) is 0 Å². The maximum absolute atomic E-state index is 2.27. The zero-order valence-electron chi connectivity index (χ0n) is 6.88. The molecule has 3 rings (SSSR count). The van der Waals surface area contributed by atoms with Gasteiger partial charge in [0.15, 0.2) is 0 Å². The third kappa shape index (κ3) is 1.00. The predicted octanol–water partition coefficient (Wildman–Crippen LogP) is 3.26. The van der Waals surface area contributed by atoms with Crippen LogP contribution < -0.4 is 0 Å². The lowest BCUT2D eigenvalue weighted by molar-refractivity contribution is 1.54. The molecule has 0 amide bonds. The van der Waals surface area contributed by atoms with Crippen LogP contribution in [0.5, 0.6) is 0 Å². The molecule has 2 aliphatic carbocycles. The van der Waals surface area contributed by atoms with Gasteiger partial charge < -0.3 is 0 Å². The van der Waals surface area contributed by atoms with Gasteiger partial charge in [0.25, 0.3) is 0 Å².